The van der Waals surface area contributed by atoms with Crippen LogP contribution in [0.15, 0.2) is 30.5 Å². The molecule has 2 aromatic rings. The highest BCUT2D eigenvalue weighted by Crippen LogP contribution is 2.46. The van der Waals surface area contributed by atoms with Crippen LogP contribution in [0.1, 0.15) is 36.9 Å². The number of carbonyl (C=O) groups is 1. The van der Waals surface area contributed by atoms with Crippen molar-refractivity contribution in [3.8, 4) is 6.01 Å². The molecule has 30 heavy (non-hydrogen) atoms. The number of amides is 2. The lowest BCUT2D eigenvalue weighted by Gasteiger charge is -2.48. The molecule has 2 heterocycles. The largest absolute Gasteiger partial charge is 0.467 e. The molecule has 0 bridgehead atoms. The number of halogens is 1. The van der Waals surface area contributed by atoms with Gasteiger partial charge < -0.3 is 10.1 Å². The molecule has 7 nitrogen and oxygen atoms in total. The van der Waals surface area contributed by atoms with Crippen LogP contribution in [0.3, 0.4) is 0 Å². The zero-order chi connectivity index (χ0) is 21.5. The Labute approximate surface area is 176 Å². The fourth-order valence-corrected chi connectivity index (χ4v) is 4.90. The van der Waals surface area contributed by atoms with E-state index in [0.717, 1.165) is 31.2 Å². The monoisotopic (exact) mass is 413 g/mol. The molecule has 0 unspecified atom stereocenters. The third-order valence-electron chi connectivity index (χ3n) is 6.74. The van der Waals surface area contributed by atoms with Gasteiger partial charge in [-0.05, 0) is 64.4 Å². The van der Waals surface area contributed by atoms with Crippen LogP contribution in [0.25, 0.3) is 0 Å². The van der Waals surface area contributed by atoms with Gasteiger partial charge in [0.2, 0.25) is 0 Å². The molecule has 1 aromatic heterocycles. The van der Waals surface area contributed by atoms with Crippen LogP contribution in [0.2, 0.25) is 0 Å². The Hall–Kier alpha value is -2.74. The topological polar surface area (TPSA) is 70.6 Å². The molecule has 1 saturated carbocycles. The van der Waals surface area contributed by atoms with Crippen molar-refractivity contribution in [2.24, 2.45) is 0 Å². The number of hydrogen-bond acceptors (Lipinski definition) is 5. The van der Waals surface area contributed by atoms with Gasteiger partial charge in [0.05, 0.1) is 36.8 Å². The first-order valence-corrected chi connectivity index (χ1v) is 10.2. The summed E-state index contributed by atoms with van der Waals surface area (Å²) >= 11 is 0. The van der Waals surface area contributed by atoms with E-state index in [4.69, 9.17) is 4.74 Å². The van der Waals surface area contributed by atoms with E-state index in [0.29, 0.717) is 17.9 Å². The van der Waals surface area contributed by atoms with E-state index in [1.165, 1.54) is 13.2 Å². The number of hydrogen-bond donors (Lipinski definition) is 1. The Morgan fingerprint density at radius 2 is 1.97 bits per heavy atom. The molecular weight excluding hydrogens is 385 g/mol. The van der Waals surface area contributed by atoms with Crippen molar-refractivity contribution >= 4 is 11.7 Å². The minimum atomic E-state index is -0.309. The first-order chi connectivity index (χ1) is 14.3. The average Bonchev–Trinajstić information content (AvgIpc) is 3.04. The predicted octanol–water partition coefficient (Wildman–Crippen LogP) is 3.23. The van der Waals surface area contributed by atoms with Gasteiger partial charge in [-0.15, -0.1) is 0 Å². The van der Waals surface area contributed by atoms with Crippen molar-refractivity contribution in [2.45, 2.75) is 43.7 Å². The first-order valence-electron chi connectivity index (χ1n) is 10.2. The third kappa shape index (κ3) is 3.39. The van der Waals surface area contributed by atoms with E-state index < -0.39 is 0 Å². The molecule has 2 amide bonds. The molecule has 1 aliphatic carbocycles. The Balaban J connectivity index is 1.56. The van der Waals surface area contributed by atoms with E-state index in [9.17, 15) is 9.18 Å². The van der Waals surface area contributed by atoms with Gasteiger partial charge in [-0.2, -0.15) is 4.98 Å². The highest BCUT2D eigenvalue weighted by molar-refractivity contribution is 5.95. The van der Waals surface area contributed by atoms with Crippen molar-refractivity contribution in [2.75, 3.05) is 32.6 Å². The molecule has 1 aliphatic heterocycles. The number of rotatable bonds is 4. The van der Waals surface area contributed by atoms with E-state index in [-0.39, 0.29) is 28.9 Å². The fraction of sp³-hybridized carbons (Fsp3) is 0.500. The summed E-state index contributed by atoms with van der Waals surface area (Å²) in [5.41, 5.74) is 1.83. The lowest BCUT2D eigenvalue weighted by atomic mass is 9.69. The fourth-order valence-electron chi connectivity index (χ4n) is 4.90. The number of ether oxygens (including phenoxy) is 1. The summed E-state index contributed by atoms with van der Waals surface area (Å²) in [6, 6.07) is 7.04. The number of anilines is 1. The molecule has 4 rings (SSSR count). The molecule has 1 aromatic carbocycles. The number of benzene rings is 1. The minimum Gasteiger partial charge on any atom is -0.467 e. The Morgan fingerprint density at radius 3 is 2.57 bits per heavy atom. The average molecular weight is 413 g/mol. The molecule has 0 radical (unpaired) electrons. The van der Waals surface area contributed by atoms with Gasteiger partial charge in [0.25, 0.3) is 0 Å². The molecule has 160 valence electrons. The van der Waals surface area contributed by atoms with Gasteiger partial charge >= 0.3 is 12.0 Å². The standard InChI is InChI=1S/C22H28FN5O2/c1-15-18(13-24-19(25-15)30-4)28-14-21(26-20(28)29)8-10-22(11-9-21,27(2)3)16-6-5-7-17(23)12-16/h5-7,12-13H,8-11,14H2,1-4H3,(H,26,29). The number of carbonyl (C=O) groups excluding carboxylic acids is 1. The molecule has 0 atom stereocenters. The number of urea groups is 1. The maximum atomic E-state index is 13.9. The van der Waals surface area contributed by atoms with Gasteiger partial charge in [-0.25, -0.2) is 14.2 Å². The van der Waals surface area contributed by atoms with Crippen molar-refractivity contribution in [1.82, 2.24) is 20.2 Å². The Kier molecular flexibility index (Phi) is 5.13. The second kappa shape index (κ2) is 7.50. The third-order valence-corrected chi connectivity index (χ3v) is 6.74. The molecule has 8 heteroatoms. The van der Waals surface area contributed by atoms with Crippen molar-refractivity contribution in [3.05, 3.63) is 47.5 Å². The number of aryl methyl sites for hydroxylation is 1. The minimum absolute atomic E-state index is 0.130. The van der Waals surface area contributed by atoms with Crippen molar-refractivity contribution < 1.29 is 13.9 Å². The molecule has 2 fully saturated rings. The summed E-state index contributed by atoms with van der Waals surface area (Å²) in [6.07, 6.45) is 4.91. The molecule has 1 N–H and O–H groups in total. The SMILES string of the molecule is COc1ncc(N2CC3(CCC(c4cccc(F)c4)(N(C)C)CC3)NC2=O)c(C)n1. The van der Waals surface area contributed by atoms with Gasteiger partial charge in [0.1, 0.15) is 5.82 Å². The number of nitrogens with zero attached hydrogens (tertiary/aromatic N) is 4. The van der Waals surface area contributed by atoms with E-state index >= 15 is 0 Å². The second-order valence-electron chi connectivity index (χ2n) is 8.56. The normalized spacial score (nSPS) is 26.3. The maximum absolute atomic E-state index is 13.9. The highest BCUT2D eigenvalue weighted by Gasteiger charge is 2.50. The van der Waals surface area contributed by atoms with Gasteiger partial charge in [0.15, 0.2) is 0 Å². The van der Waals surface area contributed by atoms with Crippen LogP contribution in [-0.2, 0) is 5.54 Å². The van der Waals surface area contributed by atoms with Crippen LogP contribution in [0.4, 0.5) is 14.9 Å². The number of methoxy groups -OCH3 is 1. The number of aromatic nitrogens is 2. The lowest BCUT2D eigenvalue weighted by molar-refractivity contribution is 0.0655. The molecular formula is C22H28FN5O2. The zero-order valence-corrected chi connectivity index (χ0v) is 17.9. The summed E-state index contributed by atoms with van der Waals surface area (Å²) in [7, 11) is 5.60. The van der Waals surface area contributed by atoms with Gasteiger partial charge in [0, 0.05) is 5.54 Å². The summed E-state index contributed by atoms with van der Waals surface area (Å²) < 4.78 is 19.0. The zero-order valence-electron chi connectivity index (χ0n) is 17.9. The maximum Gasteiger partial charge on any atom is 0.322 e. The molecule has 2 aliphatic rings. The van der Waals surface area contributed by atoms with E-state index in [1.54, 1.807) is 23.2 Å². The van der Waals surface area contributed by atoms with Crippen molar-refractivity contribution in [1.29, 1.82) is 0 Å². The molecule has 1 spiro atoms. The highest BCUT2D eigenvalue weighted by atomic mass is 19.1. The summed E-state index contributed by atoms with van der Waals surface area (Å²) in [4.78, 5) is 25.2. The first kappa shape index (κ1) is 20.5. The van der Waals surface area contributed by atoms with Crippen LogP contribution in [0.5, 0.6) is 6.01 Å². The molecule has 1 saturated heterocycles. The van der Waals surface area contributed by atoms with E-state index in [2.05, 4.69) is 20.2 Å². The summed E-state index contributed by atoms with van der Waals surface area (Å²) in [5, 5.41) is 3.22. The van der Waals surface area contributed by atoms with Crippen LogP contribution < -0.4 is 15.0 Å². The predicted molar refractivity (Wildman–Crippen MR) is 112 cm³/mol. The van der Waals surface area contributed by atoms with E-state index in [1.807, 2.05) is 27.1 Å². The lowest BCUT2D eigenvalue weighted by Crippen LogP contribution is -2.54. The van der Waals surface area contributed by atoms with Crippen LogP contribution in [-0.4, -0.2) is 54.2 Å². The van der Waals surface area contributed by atoms with Gasteiger partial charge in [-0.1, -0.05) is 12.1 Å². The summed E-state index contributed by atoms with van der Waals surface area (Å²) in [5.74, 6) is -0.218. The van der Waals surface area contributed by atoms with Gasteiger partial charge in [-0.3, -0.25) is 9.80 Å². The summed E-state index contributed by atoms with van der Waals surface area (Å²) in [6.45, 7) is 2.41. The van der Waals surface area contributed by atoms with Crippen LogP contribution in [0, 0.1) is 12.7 Å². The van der Waals surface area contributed by atoms with Crippen LogP contribution >= 0.6 is 0 Å². The number of nitrogens with one attached hydrogen (secondary N) is 1. The second-order valence-corrected chi connectivity index (χ2v) is 8.56. The quantitative estimate of drug-likeness (QED) is 0.833. The Morgan fingerprint density at radius 1 is 1.23 bits per heavy atom. The van der Waals surface area contributed by atoms with Crippen molar-refractivity contribution in [3.63, 3.8) is 0 Å². The Bertz CT molecular complexity index is 956. The smallest absolute Gasteiger partial charge is 0.322 e.